The monoisotopic (exact) mass is 166 g/mol. The Morgan fingerprint density at radius 1 is 1.09 bits per heavy atom. The van der Waals surface area contributed by atoms with E-state index in [0.717, 1.165) is 5.75 Å². The Hall–Kier alpha value is -0.430. The van der Waals surface area contributed by atoms with Gasteiger partial charge in [0.15, 0.2) is 0 Å². The van der Waals surface area contributed by atoms with E-state index in [-0.39, 0.29) is 0 Å². The van der Waals surface area contributed by atoms with Crippen LogP contribution in [0.4, 0.5) is 0 Å². The molecular formula is C10H14S. The molecule has 0 amide bonds. The van der Waals surface area contributed by atoms with Crippen LogP contribution in [0.3, 0.4) is 0 Å². The van der Waals surface area contributed by atoms with E-state index in [1.807, 2.05) is 0 Å². The van der Waals surface area contributed by atoms with Crippen molar-refractivity contribution in [3.8, 4) is 0 Å². The zero-order chi connectivity index (χ0) is 8.43. The van der Waals surface area contributed by atoms with Crippen LogP contribution in [0.15, 0.2) is 12.1 Å². The van der Waals surface area contributed by atoms with E-state index < -0.39 is 0 Å². The minimum Gasteiger partial charge on any atom is -0.175 e. The van der Waals surface area contributed by atoms with Crippen LogP contribution in [0.1, 0.15) is 22.3 Å². The Bertz CT molecular complexity index is 241. The molecule has 0 aliphatic heterocycles. The molecule has 0 aromatic heterocycles. The second-order valence-electron chi connectivity index (χ2n) is 3.04. The lowest BCUT2D eigenvalue weighted by Crippen LogP contribution is -1.90. The van der Waals surface area contributed by atoms with Gasteiger partial charge in [-0.1, -0.05) is 17.7 Å². The van der Waals surface area contributed by atoms with E-state index in [1.54, 1.807) is 0 Å². The molecule has 0 fully saturated rings. The summed E-state index contributed by atoms with van der Waals surface area (Å²) in [6.07, 6.45) is 0. The SMILES string of the molecule is Cc1cc(C)c(CS)c(C)c1. The second kappa shape index (κ2) is 3.31. The summed E-state index contributed by atoms with van der Waals surface area (Å²) in [7, 11) is 0. The summed E-state index contributed by atoms with van der Waals surface area (Å²) < 4.78 is 0. The highest BCUT2D eigenvalue weighted by atomic mass is 32.1. The van der Waals surface area contributed by atoms with E-state index in [4.69, 9.17) is 0 Å². The van der Waals surface area contributed by atoms with Crippen LogP contribution in [0, 0.1) is 20.8 Å². The summed E-state index contributed by atoms with van der Waals surface area (Å²) >= 11 is 4.28. The zero-order valence-corrected chi connectivity index (χ0v) is 8.20. The quantitative estimate of drug-likeness (QED) is 0.609. The van der Waals surface area contributed by atoms with Crippen molar-refractivity contribution >= 4 is 12.6 Å². The molecule has 1 aromatic carbocycles. The molecule has 0 atom stereocenters. The maximum Gasteiger partial charge on any atom is 0.0159 e. The third-order valence-electron chi connectivity index (χ3n) is 2.00. The van der Waals surface area contributed by atoms with E-state index in [1.165, 1.54) is 22.3 Å². The van der Waals surface area contributed by atoms with Gasteiger partial charge in [0.1, 0.15) is 0 Å². The van der Waals surface area contributed by atoms with Gasteiger partial charge in [-0.15, -0.1) is 0 Å². The fourth-order valence-electron chi connectivity index (χ4n) is 1.46. The van der Waals surface area contributed by atoms with Gasteiger partial charge in [-0.25, -0.2) is 0 Å². The fourth-order valence-corrected chi connectivity index (χ4v) is 1.96. The van der Waals surface area contributed by atoms with Crippen molar-refractivity contribution in [2.75, 3.05) is 0 Å². The topological polar surface area (TPSA) is 0 Å². The molecule has 0 spiro atoms. The lowest BCUT2D eigenvalue weighted by atomic mass is 10.0. The molecule has 0 saturated heterocycles. The molecule has 0 nitrogen and oxygen atoms in total. The van der Waals surface area contributed by atoms with E-state index in [9.17, 15) is 0 Å². The lowest BCUT2D eigenvalue weighted by molar-refractivity contribution is 1.22. The number of benzene rings is 1. The van der Waals surface area contributed by atoms with Crippen LogP contribution in [0.5, 0.6) is 0 Å². The maximum absolute atomic E-state index is 4.28. The van der Waals surface area contributed by atoms with Gasteiger partial charge in [0.25, 0.3) is 0 Å². The summed E-state index contributed by atoms with van der Waals surface area (Å²) in [5.41, 5.74) is 5.43. The summed E-state index contributed by atoms with van der Waals surface area (Å²) in [6.45, 7) is 6.42. The first-order valence-corrected chi connectivity index (χ1v) is 4.46. The highest BCUT2D eigenvalue weighted by Crippen LogP contribution is 2.17. The minimum absolute atomic E-state index is 0.845. The van der Waals surface area contributed by atoms with Crippen LogP contribution in [0.2, 0.25) is 0 Å². The van der Waals surface area contributed by atoms with Gasteiger partial charge in [0.2, 0.25) is 0 Å². The highest BCUT2D eigenvalue weighted by Gasteiger charge is 2.00. The van der Waals surface area contributed by atoms with Gasteiger partial charge in [-0.3, -0.25) is 0 Å². The number of hydrogen-bond donors (Lipinski definition) is 1. The number of rotatable bonds is 1. The van der Waals surface area contributed by atoms with Gasteiger partial charge in [-0.2, -0.15) is 12.6 Å². The molecular weight excluding hydrogens is 152 g/mol. The van der Waals surface area contributed by atoms with Crippen molar-refractivity contribution < 1.29 is 0 Å². The molecule has 0 unspecified atom stereocenters. The molecule has 11 heavy (non-hydrogen) atoms. The second-order valence-corrected chi connectivity index (χ2v) is 3.35. The first-order valence-electron chi connectivity index (χ1n) is 3.82. The summed E-state index contributed by atoms with van der Waals surface area (Å²) in [6, 6.07) is 4.41. The Morgan fingerprint density at radius 2 is 1.55 bits per heavy atom. The van der Waals surface area contributed by atoms with Gasteiger partial charge in [-0.05, 0) is 37.5 Å². The average molecular weight is 166 g/mol. The number of thiol groups is 1. The summed E-state index contributed by atoms with van der Waals surface area (Å²) in [5.74, 6) is 0.845. The molecule has 0 N–H and O–H groups in total. The van der Waals surface area contributed by atoms with E-state index in [2.05, 4.69) is 45.5 Å². The molecule has 0 aliphatic carbocycles. The van der Waals surface area contributed by atoms with Crippen LogP contribution >= 0.6 is 12.6 Å². The normalized spacial score (nSPS) is 10.2. The summed E-state index contributed by atoms with van der Waals surface area (Å²) in [5, 5.41) is 0. The number of hydrogen-bond acceptors (Lipinski definition) is 1. The average Bonchev–Trinajstić information content (AvgIpc) is 1.85. The predicted octanol–water partition coefficient (Wildman–Crippen LogP) is 3.04. The van der Waals surface area contributed by atoms with Crippen molar-refractivity contribution in [1.29, 1.82) is 0 Å². The van der Waals surface area contributed by atoms with Gasteiger partial charge in [0, 0.05) is 5.75 Å². The largest absolute Gasteiger partial charge is 0.175 e. The highest BCUT2D eigenvalue weighted by molar-refractivity contribution is 7.79. The predicted molar refractivity (Wildman–Crippen MR) is 53.3 cm³/mol. The molecule has 60 valence electrons. The van der Waals surface area contributed by atoms with Gasteiger partial charge >= 0.3 is 0 Å². The van der Waals surface area contributed by atoms with Crippen LogP contribution < -0.4 is 0 Å². The van der Waals surface area contributed by atoms with E-state index in [0.29, 0.717) is 0 Å². The lowest BCUT2D eigenvalue weighted by Gasteiger charge is -2.07. The molecule has 0 radical (unpaired) electrons. The fraction of sp³-hybridized carbons (Fsp3) is 0.400. The van der Waals surface area contributed by atoms with Crippen LogP contribution in [0.25, 0.3) is 0 Å². The van der Waals surface area contributed by atoms with Crippen LogP contribution in [-0.2, 0) is 5.75 Å². The first kappa shape index (κ1) is 8.66. The summed E-state index contributed by atoms with van der Waals surface area (Å²) in [4.78, 5) is 0. The molecule has 1 heteroatoms. The maximum atomic E-state index is 4.28. The molecule has 0 bridgehead atoms. The van der Waals surface area contributed by atoms with Crippen molar-refractivity contribution in [3.05, 3.63) is 34.4 Å². The Kier molecular flexibility index (Phi) is 2.61. The smallest absolute Gasteiger partial charge is 0.0159 e. The van der Waals surface area contributed by atoms with Gasteiger partial charge < -0.3 is 0 Å². The van der Waals surface area contributed by atoms with Crippen molar-refractivity contribution in [2.24, 2.45) is 0 Å². The van der Waals surface area contributed by atoms with E-state index >= 15 is 0 Å². The molecule has 0 aliphatic rings. The minimum atomic E-state index is 0.845. The zero-order valence-electron chi connectivity index (χ0n) is 7.31. The molecule has 1 rings (SSSR count). The number of aryl methyl sites for hydroxylation is 3. The van der Waals surface area contributed by atoms with Crippen molar-refractivity contribution in [3.63, 3.8) is 0 Å². The Morgan fingerprint density at radius 3 is 1.91 bits per heavy atom. The Labute approximate surface area is 74.0 Å². The van der Waals surface area contributed by atoms with Crippen molar-refractivity contribution in [2.45, 2.75) is 26.5 Å². The molecule has 0 heterocycles. The third kappa shape index (κ3) is 1.78. The van der Waals surface area contributed by atoms with Crippen molar-refractivity contribution in [1.82, 2.24) is 0 Å². The molecule has 0 saturated carbocycles. The third-order valence-corrected chi connectivity index (χ3v) is 2.31. The molecule has 1 aromatic rings. The van der Waals surface area contributed by atoms with Gasteiger partial charge in [0.05, 0.1) is 0 Å². The standard InChI is InChI=1S/C10H14S/c1-7-4-8(2)10(6-11)9(3)5-7/h4-5,11H,6H2,1-3H3. The van der Waals surface area contributed by atoms with Crippen LogP contribution in [-0.4, -0.2) is 0 Å². The first-order chi connectivity index (χ1) is 5.15. The Balaban J connectivity index is 3.25.